The normalized spacial score (nSPS) is 12.7. The zero-order chi connectivity index (χ0) is 30.4. The molecule has 0 fully saturated rings. The lowest BCUT2D eigenvalue weighted by atomic mass is 9.88. The van der Waals surface area contributed by atoms with E-state index >= 15 is 0 Å². The Hall–Kier alpha value is -5.17. The van der Waals surface area contributed by atoms with E-state index in [2.05, 4.69) is 146 Å². The van der Waals surface area contributed by atoms with E-state index in [4.69, 9.17) is 9.97 Å². The highest BCUT2D eigenvalue weighted by Crippen LogP contribution is 2.59. The van der Waals surface area contributed by atoms with Gasteiger partial charge in [0.15, 0.2) is 0 Å². The van der Waals surface area contributed by atoms with Gasteiger partial charge in [0, 0.05) is 47.0 Å². The Morgan fingerprint density at radius 3 is 2.13 bits per heavy atom. The molecule has 214 valence electrons. The first kappa shape index (κ1) is 26.1. The maximum Gasteiger partial charge on any atom is 0.241 e. The van der Waals surface area contributed by atoms with Gasteiger partial charge in [0.25, 0.3) is 0 Å². The summed E-state index contributed by atoms with van der Waals surface area (Å²) in [5, 5.41) is 8.61. The maximum absolute atomic E-state index is 5.44. The van der Waals surface area contributed by atoms with Crippen LogP contribution in [-0.4, -0.2) is 17.8 Å². The molecule has 2 aromatic heterocycles. The third-order valence-electron chi connectivity index (χ3n) is 9.22. The van der Waals surface area contributed by atoms with Gasteiger partial charge >= 0.3 is 0 Å². The van der Waals surface area contributed by atoms with Crippen molar-refractivity contribution in [3.05, 3.63) is 133 Å². The summed E-state index contributed by atoms with van der Waals surface area (Å²) in [6.45, 7) is 0. The number of hydrogen-bond acceptors (Lipinski definition) is 5. The molecule has 0 aliphatic carbocycles. The summed E-state index contributed by atoms with van der Waals surface area (Å²) >= 11 is 3.61. The van der Waals surface area contributed by atoms with Crippen molar-refractivity contribution in [1.29, 1.82) is 0 Å². The summed E-state index contributed by atoms with van der Waals surface area (Å²) in [6.07, 6.45) is 0. The molecule has 0 amide bonds. The molecule has 6 heteroatoms. The highest BCUT2D eigenvalue weighted by atomic mass is 32.2. The first-order valence-electron chi connectivity index (χ1n) is 15.4. The van der Waals surface area contributed by atoms with Gasteiger partial charge in [-0.05, 0) is 51.9 Å². The van der Waals surface area contributed by atoms with Gasteiger partial charge in [-0.15, -0.1) is 11.3 Å². The molecule has 3 heterocycles. The van der Waals surface area contributed by atoms with Crippen molar-refractivity contribution in [2.24, 2.45) is 0 Å². The number of nitrogens with zero attached hydrogens (tertiary/aromatic N) is 3. The molecule has 3 nitrogen and oxygen atoms in total. The summed E-state index contributed by atoms with van der Waals surface area (Å²) in [5.74, 6) is 0.689. The minimum atomic E-state index is 0.689. The zero-order valence-corrected chi connectivity index (χ0v) is 26.5. The Morgan fingerprint density at radius 1 is 0.565 bits per heavy atom. The summed E-state index contributed by atoms with van der Waals surface area (Å²) in [5.41, 5.74) is 7.89. The summed E-state index contributed by atoms with van der Waals surface area (Å²) in [4.78, 5) is 11.9. The lowest BCUT2D eigenvalue weighted by molar-refractivity contribution is 1.17. The van der Waals surface area contributed by atoms with E-state index in [1.165, 1.54) is 63.2 Å². The number of aromatic nitrogens is 2. The van der Waals surface area contributed by atoms with Crippen molar-refractivity contribution in [1.82, 2.24) is 9.97 Å². The van der Waals surface area contributed by atoms with E-state index in [0.29, 0.717) is 5.95 Å². The van der Waals surface area contributed by atoms with Gasteiger partial charge in [0.1, 0.15) is 7.85 Å². The third-order valence-corrected chi connectivity index (χ3v) is 11.5. The van der Waals surface area contributed by atoms with Gasteiger partial charge in [0.05, 0.1) is 16.9 Å². The van der Waals surface area contributed by atoms with Crippen LogP contribution in [0.2, 0.25) is 0 Å². The summed E-state index contributed by atoms with van der Waals surface area (Å²) in [6, 6.07) is 47.9. The van der Waals surface area contributed by atoms with Crippen LogP contribution in [-0.2, 0) is 0 Å². The second kappa shape index (κ2) is 9.92. The van der Waals surface area contributed by atoms with E-state index in [1.807, 2.05) is 11.3 Å². The number of fused-ring (bicyclic) bond motifs is 13. The average molecular weight is 622 g/mol. The average Bonchev–Trinajstić information content (AvgIpc) is 3.51. The highest BCUT2D eigenvalue weighted by Gasteiger charge is 2.33. The predicted molar refractivity (Wildman–Crippen MR) is 201 cm³/mol. The molecular formula is C40H24BN3S2. The molecule has 0 atom stereocenters. The van der Waals surface area contributed by atoms with Crippen LogP contribution in [0.1, 0.15) is 0 Å². The van der Waals surface area contributed by atoms with Crippen LogP contribution in [0.15, 0.2) is 138 Å². The van der Waals surface area contributed by atoms with Crippen LogP contribution in [0.3, 0.4) is 0 Å². The molecule has 0 saturated carbocycles. The molecule has 0 N–H and O–H groups in total. The van der Waals surface area contributed by atoms with Crippen molar-refractivity contribution >= 4 is 101 Å². The van der Waals surface area contributed by atoms with E-state index in [-0.39, 0.29) is 0 Å². The highest BCUT2D eigenvalue weighted by molar-refractivity contribution is 8.01. The van der Waals surface area contributed by atoms with Crippen molar-refractivity contribution in [3.63, 3.8) is 0 Å². The Bertz CT molecular complexity index is 2720. The number of para-hydroxylation sites is 1. The lowest BCUT2D eigenvalue weighted by Crippen LogP contribution is -2.17. The zero-order valence-electron chi connectivity index (χ0n) is 24.9. The Labute approximate surface area is 274 Å². The molecule has 0 radical (unpaired) electrons. The van der Waals surface area contributed by atoms with Gasteiger partial charge in [-0.3, -0.25) is 0 Å². The number of anilines is 2. The molecule has 0 spiro atoms. The molecule has 7 aromatic carbocycles. The van der Waals surface area contributed by atoms with Crippen LogP contribution in [0.25, 0.3) is 75.0 Å². The predicted octanol–water partition coefficient (Wildman–Crippen LogP) is 10.1. The third kappa shape index (κ3) is 3.68. The Morgan fingerprint density at radius 2 is 1.26 bits per heavy atom. The number of hydrogen-bond donors (Lipinski definition) is 0. The number of rotatable bonds is 2. The van der Waals surface area contributed by atoms with Crippen LogP contribution >= 0.6 is 23.3 Å². The van der Waals surface area contributed by atoms with Gasteiger partial charge in [-0.25, -0.2) is 14.3 Å². The van der Waals surface area contributed by atoms with Crippen LogP contribution in [0.5, 0.6) is 0 Å². The standard InChI is InChI=1S/C40H24BN3S2/c41-30-18-8-5-15-27(30)37-28-16-6-9-19-31(28)42-40(43-37)44-38-35(34-24-12-2-1-11-23(24)21-22-33(34)46-44)25-13-3-4-14-26(25)39-36(38)29-17-7-10-20-32(29)45-39/h1-22H,41H2. The molecule has 0 saturated heterocycles. The van der Waals surface area contributed by atoms with E-state index in [1.54, 1.807) is 11.9 Å². The topological polar surface area (TPSA) is 29.0 Å². The monoisotopic (exact) mass is 621 g/mol. The maximum atomic E-state index is 5.44. The minimum absolute atomic E-state index is 0.689. The van der Waals surface area contributed by atoms with E-state index in [0.717, 1.165) is 27.8 Å². The fourth-order valence-electron chi connectivity index (χ4n) is 7.15. The lowest BCUT2D eigenvalue weighted by Gasteiger charge is -2.33. The van der Waals surface area contributed by atoms with Crippen molar-refractivity contribution in [2.75, 3.05) is 4.31 Å². The Balaban J connectivity index is 1.39. The first-order chi connectivity index (χ1) is 22.7. The molecule has 46 heavy (non-hydrogen) atoms. The molecule has 0 bridgehead atoms. The first-order valence-corrected chi connectivity index (χ1v) is 17.0. The van der Waals surface area contributed by atoms with Gasteiger partial charge in [0.2, 0.25) is 5.95 Å². The Kier molecular flexibility index (Phi) is 5.62. The molecular weight excluding hydrogens is 597 g/mol. The molecule has 9 aromatic rings. The van der Waals surface area contributed by atoms with Crippen molar-refractivity contribution in [2.45, 2.75) is 4.90 Å². The van der Waals surface area contributed by atoms with Crippen molar-refractivity contribution in [3.8, 4) is 22.4 Å². The van der Waals surface area contributed by atoms with Crippen molar-refractivity contribution < 1.29 is 0 Å². The van der Waals surface area contributed by atoms with E-state index < -0.39 is 0 Å². The van der Waals surface area contributed by atoms with Gasteiger partial charge < -0.3 is 0 Å². The molecule has 1 aliphatic rings. The second-order valence-electron chi connectivity index (χ2n) is 11.8. The van der Waals surface area contributed by atoms with Crippen LogP contribution in [0, 0.1) is 0 Å². The smallest absolute Gasteiger partial charge is 0.241 e. The molecule has 0 unspecified atom stereocenters. The van der Waals surface area contributed by atoms with Gasteiger partial charge in [-0.1, -0.05) is 121 Å². The molecule has 1 aliphatic heterocycles. The fraction of sp³-hybridized carbons (Fsp3) is 0. The quantitative estimate of drug-likeness (QED) is 0.142. The largest absolute Gasteiger partial charge is 0.246 e. The van der Waals surface area contributed by atoms with E-state index in [9.17, 15) is 0 Å². The fourth-order valence-corrected chi connectivity index (χ4v) is 9.46. The molecule has 10 rings (SSSR count). The van der Waals surface area contributed by atoms with Crippen LogP contribution < -0.4 is 9.77 Å². The second-order valence-corrected chi connectivity index (χ2v) is 13.9. The number of thiophene rings is 1. The van der Waals surface area contributed by atoms with Gasteiger partial charge in [-0.2, -0.15) is 0 Å². The summed E-state index contributed by atoms with van der Waals surface area (Å²) in [7, 11) is 2.16. The SMILES string of the molecule is Bc1ccccc1-c1nc(N2Sc3ccc4ccccc4c3-c3c2c2c4ccccc4sc2c2ccccc32)nc2ccccc12. The number of benzene rings is 7. The minimum Gasteiger partial charge on any atom is -0.246 e. The van der Waals surface area contributed by atoms with Crippen LogP contribution in [0.4, 0.5) is 11.6 Å². The summed E-state index contributed by atoms with van der Waals surface area (Å²) < 4.78 is 4.89.